The number of anilines is 2. The number of carbonyl (C=O) groups is 1. The topological polar surface area (TPSA) is 116 Å². The summed E-state index contributed by atoms with van der Waals surface area (Å²) in [6.45, 7) is 0. The Kier molecular flexibility index (Phi) is 5.76. The third kappa shape index (κ3) is 4.05. The van der Waals surface area contributed by atoms with Crippen molar-refractivity contribution in [3.63, 3.8) is 0 Å². The first kappa shape index (κ1) is 19.2. The molecule has 0 atom stereocenters. The lowest BCUT2D eigenvalue weighted by Gasteiger charge is -2.09. The predicted octanol–water partition coefficient (Wildman–Crippen LogP) is 3.58. The van der Waals surface area contributed by atoms with E-state index in [1.807, 2.05) is 6.07 Å². The molecule has 0 aliphatic carbocycles. The lowest BCUT2D eigenvalue weighted by molar-refractivity contribution is 0.102. The number of halogens is 2. The van der Waals surface area contributed by atoms with Gasteiger partial charge >= 0.3 is 0 Å². The van der Waals surface area contributed by atoms with E-state index in [1.165, 1.54) is 37.4 Å². The SMILES string of the molecule is CN=C(Nc1ccc(F)c(Br)c1)c1nonc1NC(=O)c1ccccc1C#N. The molecule has 140 valence electrons. The van der Waals surface area contributed by atoms with Crippen molar-refractivity contribution in [3.8, 4) is 6.07 Å². The van der Waals surface area contributed by atoms with Crippen LogP contribution in [0.5, 0.6) is 0 Å². The van der Waals surface area contributed by atoms with Crippen LogP contribution in [0.15, 0.2) is 56.6 Å². The minimum Gasteiger partial charge on any atom is -0.338 e. The second-order valence-electron chi connectivity index (χ2n) is 5.40. The molecule has 3 aromatic rings. The zero-order valence-electron chi connectivity index (χ0n) is 14.4. The van der Waals surface area contributed by atoms with Gasteiger partial charge in [-0.15, -0.1) is 0 Å². The van der Waals surface area contributed by atoms with E-state index >= 15 is 0 Å². The van der Waals surface area contributed by atoms with Gasteiger partial charge in [0.25, 0.3) is 5.91 Å². The highest BCUT2D eigenvalue weighted by Crippen LogP contribution is 2.22. The van der Waals surface area contributed by atoms with Gasteiger partial charge < -0.3 is 10.6 Å². The minimum absolute atomic E-state index is 0.0204. The third-order valence-corrected chi connectivity index (χ3v) is 4.25. The first-order valence-electron chi connectivity index (χ1n) is 7.85. The van der Waals surface area contributed by atoms with E-state index in [2.05, 4.69) is 41.9 Å². The van der Waals surface area contributed by atoms with Crippen LogP contribution in [0.25, 0.3) is 0 Å². The molecule has 0 aliphatic rings. The Morgan fingerprint density at radius 2 is 2.04 bits per heavy atom. The maximum atomic E-state index is 13.4. The molecule has 0 unspecified atom stereocenters. The number of hydrogen-bond donors (Lipinski definition) is 2. The Morgan fingerprint density at radius 3 is 2.75 bits per heavy atom. The molecule has 0 saturated carbocycles. The van der Waals surface area contributed by atoms with Gasteiger partial charge in [-0.3, -0.25) is 9.79 Å². The average Bonchev–Trinajstić information content (AvgIpc) is 3.16. The van der Waals surface area contributed by atoms with E-state index in [0.29, 0.717) is 5.69 Å². The number of amides is 1. The van der Waals surface area contributed by atoms with Gasteiger partial charge in [-0.1, -0.05) is 12.1 Å². The number of nitrogens with zero attached hydrogens (tertiary/aromatic N) is 4. The van der Waals surface area contributed by atoms with Crippen molar-refractivity contribution in [2.75, 3.05) is 17.7 Å². The molecule has 0 radical (unpaired) electrons. The predicted molar refractivity (Wildman–Crippen MR) is 104 cm³/mol. The second kappa shape index (κ2) is 8.41. The molecular formula is C18H12BrFN6O2. The van der Waals surface area contributed by atoms with Crippen molar-refractivity contribution in [1.82, 2.24) is 10.3 Å². The summed E-state index contributed by atoms with van der Waals surface area (Å²) in [4.78, 5) is 16.6. The Balaban J connectivity index is 1.85. The lowest BCUT2D eigenvalue weighted by Crippen LogP contribution is -2.20. The summed E-state index contributed by atoms with van der Waals surface area (Å²) in [5.74, 6) is -0.697. The van der Waals surface area contributed by atoms with Crippen LogP contribution in [0.3, 0.4) is 0 Å². The number of benzene rings is 2. The van der Waals surface area contributed by atoms with Crippen LogP contribution >= 0.6 is 15.9 Å². The van der Waals surface area contributed by atoms with Gasteiger partial charge in [0, 0.05) is 12.7 Å². The fourth-order valence-electron chi connectivity index (χ4n) is 2.31. The second-order valence-corrected chi connectivity index (χ2v) is 6.25. The van der Waals surface area contributed by atoms with E-state index in [-0.39, 0.29) is 32.9 Å². The summed E-state index contributed by atoms with van der Waals surface area (Å²) in [6, 6.07) is 12.6. The van der Waals surface area contributed by atoms with E-state index in [0.717, 1.165) is 0 Å². The summed E-state index contributed by atoms with van der Waals surface area (Å²) in [6.07, 6.45) is 0. The van der Waals surface area contributed by atoms with E-state index in [9.17, 15) is 9.18 Å². The van der Waals surface area contributed by atoms with Gasteiger partial charge in [-0.25, -0.2) is 9.02 Å². The largest absolute Gasteiger partial charge is 0.338 e. The van der Waals surface area contributed by atoms with Crippen molar-refractivity contribution >= 4 is 39.2 Å². The zero-order chi connectivity index (χ0) is 20.1. The Hall–Kier alpha value is -3.58. The fraction of sp³-hybridized carbons (Fsp3) is 0.0556. The average molecular weight is 443 g/mol. The number of rotatable bonds is 4. The van der Waals surface area contributed by atoms with Gasteiger partial charge in [0.15, 0.2) is 11.5 Å². The van der Waals surface area contributed by atoms with Crippen LogP contribution in [0.4, 0.5) is 15.9 Å². The quantitative estimate of drug-likeness (QED) is 0.471. The molecule has 0 spiro atoms. The van der Waals surface area contributed by atoms with Crippen molar-refractivity contribution in [1.29, 1.82) is 5.26 Å². The molecule has 1 aromatic heterocycles. The summed E-state index contributed by atoms with van der Waals surface area (Å²) < 4.78 is 18.4. The molecule has 3 rings (SSSR count). The summed E-state index contributed by atoms with van der Waals surface area (Å²) in [5, 5.41) is 22.1. The van der Waals surface area contributed by atoms with Crippen molar-refractivity contribution < 1.29 is 13.8 Å². The van der Waals surface area contributed by atoms with Crippen molar-refractivity contribution in [2.45, 2.75) is 0 Å². The zero-order valence-corrected chi connectivity index (χ0v) is 16.0. The van der Waals surface area contributed by atoms with E-state index < -0.39 is 11.7 Å². The van der Waals surface area contributed by atoms with Crippen LogP contribution < -0.4 is 10.6 Å². The number of aliphatic imine (C=N–C) groups is 1. The van der Waals surface area contributed by atoms with Crippen LogP contribution in [0.2, 0.25) is 0 Å². The summed E-state index contributed by atoms with van der Waals surface area (Å²) in [5.41, 5.74) is 1.08. The minimum atomic E-state index is -0.547. The van der Waals surface area contributed by atoms with Gasteiger partial charge in [0.05, 0.1) is 21.7 Å². The standard InChI is InChI=1S/C18H12BrFN6O2/c1-22-16(23-11-6-7-14(20)13(19)8-11)15-17(26-28-25-15)24-18(27)12-5-3-2-4-10(12)9-21/h2-8H,1H3,(H,22,23)(H,24,26,27). The van der Waals surface area contributed by atoms with E-state index in [1.54, 1.807) is 12.1 Å². The molecule has 28 heavy (non-hydrogen) atoms. The number of carbonyl (C=O) groups excluding carboxylic acids is 1. The summed E-state index contributed by atoms with van der Waals surface area (Å²) >= 11 is 3.11. The number of aromatic nitrogens is 2. The van der Waals surface area contributed by atoms with Crippen LogP contribution in [0, 0.1) is 17.1 Å². The number of nitrogens with one attached hydrogen (secondary N) is 2. The smallest absolute Gasteiger partial charge is 0.258 e. The van der Waals surface area contributed by atoms with E-state index in [4.69, 9.17) is 9.89 Å². The highest BCUT2D eigenvalue weighted by atomic mass is 79.9. The Labute approximate surface area is 167 Å². The molecule has 8 nitrogen and oxygen atoms in total. The van der Waals surface area contributed by atoms with Crippen molar-refractivity contribution in [2.24, 2.45) is 4.99 Å². The van der Waals surface area contributed by atoms with Gasteiger partial charge in [-0.05, 0) is 56.6 Å². The highest BCUT2D eigenvalue weighted by Gasteiger charge is 2.20. The highest BCUT2D eigenvalue weighted by molar-refractivity contribution is 9.10. The normalized spacial score (nSPS) is 11.0. The monoisotopic (exact) mass is 442 g/mol. The van der Waals surface area contributed by atoms with Crippen LogP contribution in [-0.2, 0) is 0 Å². The first-order chi connectivity index (χ1) is 13.5. The molecule has 0 fully saturated rings. The number of nitriles is 1. The van der Waals surface area contributed by atoms with Gasteiger partial charge in [0.2, 0.25) is 5.82 Å². The fourth-order valence-corrected chi connectivity index (χ4v) is 2.69. The van der Waals surface area contributed by atoms with Crippen LogP contribution in [0.1, 0.15) is 21.6 Å². The molecule has 0 bridgehead atoms. The molecule has 2 aromatic carbocycles. The molecule has 0 saturated heterocycles. The number of hydrogen-bond acceptors (Lipinski definition) is 6. The van der Waals surface area contributed by atoms with Crippen molar-refractivity contribution in [3.05, 3.63) is 69.6 Å². The van der Waals surface area contributed by atoms with Gasteiger partial charge in [-0.2, -0.15) is 5.26 Å². The molecular weight excluding hydrogens is 431 g/mol. The molecule has 1 amide bonds. The lowest BCUT2D eigenvalue weighted by atomic mass is 10.1. The third-order valence-electron chi connectivity index (χ3n) is 3.64. The van der Waals surface area contributed by atoms with Gasteiger partial charge in [0.1, 0.15) is 5.82 Å². The number of amidine groups is 1. The molecule has 1 heterocycles. The molecule has 10 heteroatoms. The summed E-state index contributed by atoms with van der Waals surface area (Å²) in [7, 11) is 1.51. The maximum Gasteiger partial charge on any atom is 0.258 e. The van der Waals surface area contributed by atoms with Crippen LogP contribution in [-0.4, -0.2) is 29.1 Å². The molecule has 0 aliphatic heterocycles. The Morgan fingerprint density at radius 1 is 1.25 bits per heavy atom. The Bertz CT molecular complexity index is 1110. The maximum absolute atomic E-state index is 13.4. The first-order valence-corrected chi connectivity index (χ1v) is 8.65. The molecule has 2 N–H and O–H groups in total.